The average Bonchev–Trinajstić information content (AvgIpc) is 3.09. The molecule has 0 spiro atoms. The van der Waals surface area contributed by atoms with Crippen LogP contribution in [-0.2, 0) is 4.74 Å². The Labute approximate surface area is 172 Å². The van der Waals surface area contributed by atoms with E-state index in [0.717, 1.165) is 19.3 Å². The highest BCUT2D eigenvalue weighted by Crippen LogP contribution is 2.23. The Bertz CT molecular complexity index is 1160. The van der Waals surface area contributed by atoms with Crippen molar-refractivity contribution in [1.82, 2.24) is 24.5 Å². The van der Waals surface area contributed by atoms with Gasteiger partial charge in [0.05, 0.1) is 25.5 Å². The second-order valence-electron chi connectivity index (χ2n) is 7.62. The Balaban J connectivity index is 1.49. The predicted molar refractivity (Wildman–Crippen MR) is 111 cm³/mol. The Morgan fingerprint density at radius 2 is 2.13 bits per heavy atom. The van der Waals surface area contributed by atoms with Crippen molar-refractivity contribution in [3.05, 3.63) is 46.5 Å². The molecule has 2 fully saturated rings. The zero-order chi connectivity index (χ0) is 20.7. The van der Waals surface area contributed by atoms with Gasteiger partial charge in [0.15, 0.2) is 5.65 Å². The van der Waals surface area contributed by atoms with Gasteiger partial charge in [0.25, 0.3) is 11.5 Å². The first-order valence-electron chi connectivity index (χ1n) is 10.1. The highest BCUT2D eigenvalue weighted by atomic mass is 16.5. The molecule has 0 radical (unpaired) electrons. The van der Waals surface area contributed by atoms with Gasteiger partial charge in [0.2, 0.25) is 0 Å². The molecule has 10 nitrogen and oxygen atoms in total. The zero-order valence-electron chi connectivity index (χ0n) is 16.6. The lowest BCUT2D eigenvalue weighted by molar-refractivity contribution is -0.0247. The van der Waals surface area contributed by atoms with Crippen molar-refractivity contribution in [2.75, 3.05) is 30.9 Å². The van der Waals surface area contributed by atoms with Crippen LogP contribution in [0.1, 0.15) is 35.7 Å². The lowest BCUT2D eigenvalue weighted by Gasteiger charge is -2.28. The van der Waals surface area contributed by atoms with Gasteiger partial charge in [-0.05, 0) is 31.4 Å². The van der Waals surface area contributed by atoms with Crippen molar-refractivity contribution >= 4 is 28.9 Å². The number of carbonyl (C=O) groups excluding carboxylic acids is 1. The molecule has 2 aliphatic rings. The minimum atomic E-state index is -0.187. The largest absolute Gasteiger partial charge is 0.377 e. The van der Waals surface area contributed by atoms with Crippen LogP contribution in [0, 0.1) is 0 Å². The number of carbonyl (C=O) groups is 1. The number of fused-ring (bicyclic) bond motifs is 1. The minimum absolute atomic E-state index is 0.0548. The van der Waals surface area contributed by atoms with Crippen LogP contribution < -0.4 is 21.5 Å². The molecule has 0 bridgehead atoms. The first-order chi connectivity index (χ1) is 14.6. The second kappa shape index (κ2) is 7.45. The molecule has 1 aliphatic carbocycles. The van der Waals surface area contributed by atoms with Gasteiger partial charge in [-0.3, -0.25) is 9.59 Å². The third-order valence-corrected chi connectivity index (χ3v) is 5.66. The number of rotatable bonds is 6. The molecule has 0 atom stereocenters. The van der Waals surface area contributed by atoms with E-state index in [1.54, 1.807) is 34.5 Å². The molecule has 156 valence electrons. The first-order valence-corrected chi connectivity index (χ1v) is 10.1. The number of ether oxygens (including phenoxy) is 1. The van der Waals surface area contributed by atoms with Crippen LogP contribution in [0.5, 0.6) is 0 Å². The van der Waals surface area contributed by atoms with Crippen molar-refractivity contribution < 1.29 is 9.53 Å². The lowest BCUT2D eigenvalue weighted by Crippen LogP contribution is -2.39. The van der Waals surface area contributed by atoms with Crippen LogP contribution in [0.3, 0.4) is 0 Å². The molecule has 30 heavy (non-hydrogen) atoms. The molecule has 3 aromatic heterocycles. The molecule has 1 amide bonds. The van der Waals surface area contributed by atoms with Crippen LogP contribution in [0.2, 0.25) is 0 Å². The standard InChI is InChI=1S/C20H23N7O3/c1-21-17-8-16(24-15-6-3-7-26(20(15)29)13-10-30-11-13)25-18-14(9-22-27(17)18)19(28)23-12-4-2-5-12/h3,6-9,12-13,21H,2,4-5,10-11H2,1H3,(H,23,28)(H,24,25). The summed E-state index contributed by atoms with van der Waals surface area (Å²) in [6.07, 6.45) is 6.42. The first kappa shape index (κ1) is 18.6. The summed E-state index contributed by atoms with van der Waals surface area (Å²) in [6, 6.07) is 5.55. The number of hydrogen-bond acceptors (Lipinski definition) is 7. The van der Waals surface area contributed by atoms with E-state index in [2.05, 4.69) is 26.0 Å². The van der Waals surface area contributed by atoms with Gasteiger partial charge in [-0.15, -0.1) is 0 Å². The van der Waals surface area contributed by atoms with E-state index in [9.17, 15) is 9.59 Å². The molecule has 0 unspecified atom stereocenters. The molecule has 1 saturated carbocycles. The van der Waals surface area contributed by atoms with Crippen molar-refractivity contribution in [1.29, 1.82) is 0 Å². The quantitative estimate of drug-likeness (QED) is 0.566. The summed E-state index contributed by atoms with van der Waals surface area (Å²) in [4.78, 5) is 30.1. The van der Waals surface area contributed by atoms with E-state index in [-0.39, 0.29) is 23.6 Å². The number of aromatic nitrogens is 4. The minimum Gasteiger partial charge on any atom is -0.377 e. The Hall–Kier alpha value is -3.40. The molecule has 3 aromatic rings. The third kappa shape index (κ3) is 3.18. The summed E-state index contributed by atoms with van der Waals surface area (Å²) in [5.74, 6) is 0.909. The highest BCUT2D eigenvalue weighted by molar-refractivity contribution is 6.00. The molecule has 4 heterocycles. The topological polar surface area (TPSA) is 115 Å². The van der Waals surface area contributed by atoms with E-state index in [4.69, 9.17) is 4.74 Å². The van der Waals surface area contributed by atoms with E-state index in [0.29, 0.717) is 41.7 Å². The number of nitrogens with one attached hydrogen (secondary N) is 3. The van der Waals surface area contributed by atoms with E-state index < -0.39 is 0 Å². The SMILES string of the molecule is CNc1cc(Nc2cccn(C3COC3)c2=O)nc2c(C(=O)NC3CCC3)cnn12. The van der Waals surface area contributed by atoms with Crippen LogP contribution in [0.4, 0.5) is 17.3 Å². The number of anilines is 3. The Kier molecular flexibility index (Phi) is 4.62. The van der Waals surface area contributed by atoms with Gasteiger partial charge in [0, 0.05) is 25.4 Å². The summed E-state index contributed by atoms with van der Waals surface area (Å²) in [5, 5.41) is 13.5. The van der Waals surface area contributed by atoms with Crippen LogP contribution in [-0.4, -0.2) is 51.4 Å². The molecular weight excluding hydrogens is 386 g/mol. The Morgan fingerprint density at radius 3 is 2.80 bits per heavy atom. The fourth-order valence-electron chi connectivity index (χ4n) is 3.60. The normalized spacial score (nSPS) is 16.7. The summed E-state index contributed by atoms with van der Waals surface area (Å²) < 4.78 is 8.44. The van der Waals surface area contributed by atoms with Gasteiger partial charge in [-0.25, -0.2) is 4.98 Å². The van der Waals surface area contributed by atoms with E-state index in [1.165, 1.54) is 6.20 Å². The number of amides is 1. The van der Waals surface area contributed by atoms with E-state index in [1.807, 2.05) is 6.07 Å². The number of hydrogen-bond donors (Lipinski definition) is 3. The average molecular weight is 409 g/mol. The monoisotopic (exact) mass is 409 g/mol. The summed E-state index contributed by atoms with van der Waals surface area (Å²) in [5.41, 5.74) is 1.09. The zero-order valence-corrected chi connectivity index (χ0v) is 16.6. The van der Waals surface area contributed by atoms with Crippen molar-refractivity contribution in [2.24, 2.45) is 0 Å². The van der Waals surface area contributed by atoms with Crippen molar-refractivity contribution in [3.63, 3.8) is 0 Å². The summed E-state index contributed by atoms with van der Waals surface area (Å²) >= 11 is 0. The van der Waals surface area contributed by atoms with E-state index >= 15 is 0 Å². The maximum atomic E-state index is 12.8. The van der Waals surface area contributed by atoms with Gasteiger partial charge in [-0.1, -0.05) is 0 Å². The highest BCUT2D eigenvalue weighted by Gasteiger charge is 2.24. The van der Waals surface area contributed by atoms with Crippen LogP contribution >= 0.6 is 0 Å². The molecule has 1 aliphatic heterocycles. The summed E-state index contributed by atoms with van der Waals surface area (Å²) in [6.45, 7) is 1.07. The maximum Gasteiger partial charge on any atom is 0.274 e. The molecule has 3 N–H and O–H groups in total. The summed E-state index contributed by atoms with van der Waals surface area (Å²) in [7, 11) is 1.76. The molecular formula is C20H23N7O3. The predicted octanol–water partition coefficient (Wildman–Crippen LogP) is 1.53. The molecule has 0 aromatic carbocycles. The molecule has 5 rings (SSSR count). The van der Waals surface area contributed by atoms with Gasteiger partial charge < -0.3 is 25.3 Å². The Morgan fingerprint density at radius 1 is 1.30 bits per heavy atom. The smallest absolute Gasteiger partial charge is 0.274 e. The van der Waals surface area contributed by atoms with Crippen LogP contribution in [0.25, 0.3) is 5.65 Å². The van der Waals surface area contributed by atoms with Gasteiger partial charge in [0.1, 0.15) is 22.9 Å². The van der Waals surface area contributed by atoms with Gasteiger partial charge in [-0.2, -0.15) is 9.61 Å². The third-order valence-electron chi connectivity index (χ3n) is 5.66. The number of nitrogens with zero attached hydrogens (tertiary/aromatic N) is 4. The second-order valence-corrected chi connectivity index (χ2v) is 7.62. The fraction of sp³-hybridized carbons (Fsp3) is 0.400. The molecule has 10 heteroatoms. The van der Waals surface area contributed by atoms with Crippen molar-refractivity contribution in [2.45, 2.75) is 31.3 Å². The molecule has 1 saturated heterocycles. The van der Waals surface area contributed by atoms with Gasteiger partial charge >= 0.3 is 0 Å². The van der Waals surface area contributed by atoms with Crippen molar-refractivity contribution in [3.8, 4) is 0 Å². The maximum absolute atomic E-state index is 12.8. The lowest BCUT2D eigenvalue weighted by atomic mass is 9.93. The fourth-order valence-corrected chi connectivity index (χ4v) is 3.60. The van der Waals surface area contributed by atoms with Crippen LogP contribution in [0.15, 0.2) is 35.4 Å². The number of pyridine rings is 1.